The summed E-state index contributed by atoms with van der Waals surface area (Å²) in [6.07, 6.45) is 5.36. The van der Waals surface area contributed by atoms with Gasteiger partial charge in [0.15, 0.2) is 0 Å². The van der Waals surface area contributed by atoms with E-state index in [4.69, 9.17) is 14.0 Å². The van der Waals surface area contributed by atoms with Crippen molar-refractivity contribution >= 4 is 6.75 Å². The van der Waals surface area contributed by atoms with Crippen molar-refractivity contribution in [1.29, 1.82) is 0 Å². The molecule has 102 valence electrons. The van der Waals surface area contributed by atoms with E-state index in [2.05, 4.69) is 38.7 Å². The molecule has 0 aromatic carbocycles. The molecule has 4 nitrogen and oxygen atoms in total. The van der Waals surface area contributed by atoms with Crippen molar-refractivity contribution in [3.63, 3.8) is 0 Å². The Labute approximate surface area is 128 Å². The van der Waals surface area contributed by atoms with Gasteiger partial charge in [0.05, 0.1) is 0 Å². The van der Waals surface area contributed by atoms with Crippen LogP contribution >= 0.6 is 0 Å². The van der Waals surface area contributed by atoms with Gasteiger partial charge in [0.2, 0.25) is 0 Å². The van der Waals surface area contributed by atoms with Gasteiger partial charge >= 0.3 is 25.6 Å². The Morgan fingerprint density at radius 3 is 2.11 bits per heavy atom. The van der Waals surface area contributed by atoms with E-state index in [-0.39, 0.29) is 30.1 Å². The van der Waals surface area contributed by atoms with Crippen LogP contribution in [0.25, 0.3) is 0 Å². The summed E-state index contributed by atoms with van der Waals surface area (Å²) in [6.45, 7) is 8.84. The Hall–Kier alpha value is -0.0777. The third-order valence-corrected chi connectivity index (χ3v) is 4.70. The molecule has 3 rings (SSSR count). The van der Waals surface area contributed by atoms with Crippen LogP contribution < -0.4 is 18.9 Å². The van der Waals surface area contributed by atoms with Crippen molar-refractivity contribution < 1.29 is 32.8 Å². The van der Waals surface area contributed by atoms with Gasteiger partial charge in [-0.15, -0.1) is 0 Å². The van der Waals surface area contributed by atoms with E-state index in [1.165, 1.54) is 12.8 Å². The van der Waals surface area contributed by atoms with E-state index in [1.54, 1.807) is 0 Å². The molecule has 0 unspecified atom stereocenters. The van der Waals surface area contributed by atoms with Gasteiger partial charge in [0.1, 0.15) is 5.88 Å². The largest absolute Gasteiger partial charge is 1.00 e. The van der Waals surface area contributed by atoms with Crippen LogP contribution in [0.5, 0.6) is 0 Å². The molecule has 2 saturated heterocycles. The van der Waals surface area contributed by atoms with Crippen molar-refractivity contribution in [2.24, 2.45) is 0 Å². The smallest absolute Gasteiger partial charge is 0.658 e. The molecule has 6 heteroatoms. The number of rotatable bonds is 1. The molecule has 0 saturated carbocycles. The predicted molar refractivity (Wildman–Crippen MR) is 70.9 cm³/mol. The molecular formula is C13H23BLiNO3. The minimum atomic E-state index is -1.62. The van der Waals surface area contributed by atoms with E-state index in [1.807, 2.05) is 0 Å². The minimum Gasteiger partial charge on any atom is -0.658 e. The van der Waals surface area contributed by atoms with E-state index in [9.17, 15) is 0 Å². The second kappa shape index (κ2) is 4.74. The van der Waals surface area contributed by atoms with Crippen LogP contribution in [-0.4, -0.2) is 35.9 Å². The number of nitrogens with zero attached hydrogens (tertiary/aromatic N) is 1. The zero-order valence-corrected chi connectivity index (χ0v) is 12.9. The first kappa shape index (κ1) is 15.3. The van der Waals surface area contributed by atoms with Crippen LogP contribution in [0.2, 0.25) is 6.32 Å². The normalized spacial score (nSPS) is 30.1. The van der Waals surface area contributed by atoms with Gasteiger partial charge in [0, 0.05) is 24.3 Å². The summed E-state index contributed by atoms with van der Waals surface area (Å²) in [6, 6.07) is 0. The van der Waals surface area contributed by atoms with Crippen LogP contribution in [0.1, 0.15) is 40.5 Å². The quantitative estimate of drug-likeness (QED) is 0.594. The monoisotopic (exact) mass is 259 g/mol. The molecule has 3 aliphatic rings. The average molecular weight is 259 g/mol. The van der Waals surface area contributed by atoms with E-state index < -0.39 is 6.75 Å². The molecule has 0 radical (unpaired) electrons. The standard InChI is InChI=1S/C13H23BNO3.Li/c1-12(2)13(3,4)18-14(17-12)8-7-11(16-14)15-9-5-6-10-15;/h7H,5-6,8-10H2,1-4H3;/q-1;+1. The zero-order chi connectivity index (χ0) is 13.0. The van der Waals surface area contributed by atoms with Crippen LogP contribution in [0, 0.1) is 0 Å². The van der Waals surface area contributed by atoms with Crippen LogP contribution in [0.15, 0.2) is 12.0 Å². The van der Waals surface area contributed by atoms with Crippen molar-refractivity contribution in [3.05, 3.63) is 12.0 Å². The Bertz CT molecular complexity index is 375. The van der Waals surface area contributed by atoms with Crippen LogP contribution in [0.4, 0.5) is 0 Å². The summed E-state index contributed by atoms with van der Waals surface area (Å²) in [7, 11) is 0. The molecule has 0 atom stereocenters. The molecule has 1 spiro atoms. The average Bonchev–Trinajstić information content (AvgIpc) is 2.87. The van der Waals surface area contributed by atoms with E-state index in [0.717, 1.165) is 25.3 Å². The first-order valence-electron chi connectivity index (χ1n) is 7.03. The fourth-order valence-electron chi connectivity index (χ4n) is 3.02. The maximum absolute atomic E-state index is 6.14. The Morgan fingerprint density at radius 1 is 1.05 bits per heavy atom. The van der Waals surface area contributed by atoms with Gasteiger partial charge in [-0.2, -0.15) is 0 Å². The van der Waals surface area contributed by atoms with Crippen molar-refractivity contribution in [2.45, 2.75) is 58.1 Å². The van der Waals surface area contributed by atoms with Crippen LogP contribution in [-0.2, 0) is 14.0 Å². The van der Waals surface area contributed by atoms with Gasteiger partial charge in [-0.25, -0.2) is 0 Å². The summed E-state index contributed by atoms with van der Waals surface area (Å²) in [5.41, 5.74) is -0.636. The number of allylic oxidation sites excluding steroid dienone is 1. The van der Waals surface area contributed by atoms with Crippen molar-refractivity contribution in [3.8, 4) is 0 Å². The molecule has 0 bridgehead atoms. The molecule has 19 heavy (non-hydrogen) atoms. The van der Waals surface area contributed by atoms with E-state index in [0.29, 0.717) is 0 Å². The van der Waals surface area contributed by atoms with Gasteiger partial charge in [-0.05, 0) is 40.5 Å². The van der Waals surface area contributed by atoms with Gasteiger partial charge < -0.3 is 18.9 Å². The number of likely N-dealkylation sites (tertiary alicyclic amines) is 1. The van der Waals surface area contributed by atoms with Crippen molar-refractivity contribution in [2.75, 3.05) is 13.1 Å². The topological polar surface area (TPSA) is 30.9 Å². The van der Waals surface area contributed by atoms with E-state index >= 15 is 0 Å². The summed E-state index contributed by atoms with van der Waals surface area (Å²) in [4.78, 5) is 2.29. The third-order valence-electron chi connectivity index (χ3n) is 4.70. The second-order valence-corrected chi connectivity index (χ2v) is 6.64. The molecular weight excluding hydrogens is 236 g/mol. The van der Waals surface area contributed by atoms with Crippen molar-refractivity contribution in [1.82, 2.24) is 4.90 Å². The molecule has 0 amide bonds. The molecule has 0 aliphatic carbocycles. The Balaban J connectivity index is 0.00000133. The molecule has 3 aliphatic heterocycles. The second-order valence-electron chi connectivity index (χ2n) is 6.64. The molecule has 0 aromatic rings. The molecule has 3 heterocycles. The molecule has 2 fully saturated rings. The Kier molecular flexibility index (Phi) is 3.82. The van der Waals surface area contributed by atoms with Gasteiger partial charge in [-0.3, -0.25) is 0 Å². The molecule has 0 aromatic heterocycles. The molecule has 0 N–H and O–H groups in total. The summed E-state index contributed by atoms with van der Waals surface area (Å²) in [5.74, 6) is 0.959. The first-order valence-corrected chi connectivity index (χ1v) is 7.03. The summed E-state index contributed by atoms with van der Waals surface area (Å²) >= 11 is 0. The first-order chi connectivity index (χ1) is 8.34. The van der Waals surface area contributed by atoms with Gasteiger partial charge in [-0.1, -0.05) is 12.4 Å². The SMILES string of the molecule is CC1(C)O[B-]2(CC=C(N3CCCC3)O2)OC1(C)C.[Li+]. The fourth-order valence-corrected chi connectivity index (χ4v) is 3.02. The predicted octanol–water partition coefficient (Wildman–Crippen LogP) is -0.499. The number of hydrogen-bond acceptors (Lipinski definition) is 4. The maximum atomic E-state index is 6.14. The maximum Gasteiger partial charge on any atom is 1.00 e. The minimum absolute atomic E-state index is 0. The Morgan fingerprint density at radius 2 is 1.58 bits per heavy atom. The number of hydrogen-bond donors (Lipinski definition) is 0. The zero-order valence-electron chi connectivity index (χ0n) is 12.9. The van der Waals surface area contributed by atoms with Crippen LogP contribution in [0.3, 0.4) is 0 Å². The van der Waals surface area contributed by atoms with Gasteiger partial charge in [0.25, 0.3) is 0 Å². The fraction of sp³-hybridized carbons (Fsp3) is 0.846. The third kappa shape index (κ3) is 2.47. The summed E-state index contributed by atoms with van der Waals surface area (Å²) in [5, 5.41) is 0. The summed E-state index contributed by atoms with van der Waals surface area (Å²) < 4.78 is 18.4.